The van der Waals surface area contributed by atoms with Gasteiger partial charge < -0.3 is 10.1 Å². The molecule has 1 aliphatic carbocycles. The second kappa shape index (κ2) is 9.62. The minimum absolute atomic E-state index is 0.00607. The van der Waals surface area contributed by atoms with Crippen molar-refractivity contribution < 1.29 is 9.53 Å². The lowest BCUT2D eigenvalue weighted by Gasteiger charge is -2.21. The zero-order valence-electron chi connectivity index (χ0n) is 14.2. The molecule has 1 aliphatic heterocycles. The number of carbonyl (C=O) groups excluding carboxylic acids is 1. The lowest BCUT2D eigenvalue weighted by molar-refractivity contribution is -0.123. The number of benzene rings is 1. The molecule has 24 heavy (non-hydrogen) atoms. The van der Waals surface area contributed by atoms with Crippen LogP contribution in [0.2, 0.25) is 0 Å². The van der Waals surface area contributed by atoms with Crippen LogP contribution in [0.1, 0.15) is 55.1 Å². The molecule has 2 fully saturated rings. The Morgan fingerprint density at radius 3 is 2.29 bits per heavy atom. The number of rotatable bonds is 5. The highest BCUT2D eigenvalue weighted by atomic mass is 32.2. The molecule has 0 radical (unpaired) electrons. The van der Waals surface area contributed by atoms with Gasteiger partial charge in [0, 0.05) is 17.5 Å². The van der Waals surface area contributed by atoms with E-state index < -0.39 is 0 Å². The fraction of sp³-hybridized carbons (Fsp3) is 0.632. The fourth-order valence-electron chi connectivity index (χ4n) is 3.29. The third kappa shape index (κ3) is 5.62. The Kier molecular flexibility index (Phi) is 7.21. The van der Waals surface area contributed by atoms with E-state index in [1.165, 1.54) is 49.2 Å². The standard InChI is InChI=1S/C19H27NO2S2/c21-18(20-16-6-4-2-1-3-5-7-16)14-22-17-10-8-15(9-11-17)19-23-12-13-24-19/h8-11,16,19H,1-7,12-14H2,(H,20,21). The largest absolute Gasteiger partial charge is 0.484 e. The molecular weight excluding hydrogens is 338 g/mol. The third-order valence-corrected chi connectivity index (χ3v) is 7.72. The van der Waals surface area contributed by atoms with E-state index in [1.807, 2.05) is 35.7 Å². The molecule has 0 unspecified atom stereocenters. The lowest BCUT2D eigenvalue weighted by atomic mass is 9.97. The van der Waals surface area contributed by atoms with Gasteiger partial charge in [-0.15, -0.1) is 23.5 Å². The minimum atomic E-state index is 0.00607. The second-order valence-corrected chi connectivity index (χ2v) is 9.27. The van der Waals surface area contributed by atoms with Crippen molar-refractivity contribution >= 4 is 29.4 Å². The fourth-order valence-corrected chi connectivity index (χ4v) is 6.15. The Morgan fingerprint density at radius 1 is 1.00 bits per heavy atom. The van der Waals surface area contributed by atoms with Crippen LogP contribution in [-0.4, -0.2) is 30.1 Å². The summed E-state index contributed by atoms with van der Waals surface area (Å²) in [6.07, 6.45) is 8.61. The molecule has 1 saturated heterocycles. The number of nitrogens with one attached hydrogen (secondary N) is 1. The number of ether oxygens (including phenoxy) is 1. The maximum Gasteiger partial charge on any atom is 0.258 e. The molecule has 1 heterocycles. The Bertz CT molecular complexity index is 507. The van der Waals surface area contributed by atoms with Crippen molar-refractivity contribution in [1.29, 1.82) is 0 Å². The summed E-state index contributed by atoms with van der Waals surface area (Å²) in [4.78, 5) is 12.1. The molecule has 0 aromatic heterocycles. The molecule has 1 aromatic carbocycles. The van der Waals surface area contributed by atoms with Gasteiger partial charge in [-0.25, -0.2) is 0 Å². The van der Waals surface area contributed by atoms with E-state index in [0.29, 0.717) is 10.6 Å². The molecule has 5 heteroatoms. The zero-order chi connectivity index (χ0) is 16.6. The van der Waals surface area contributed by atoms with Crippen molar-refractivity contribution in [2.24, 2.45) is 0 Å². The lowest BCUT2D eigenvalue weighted by Crippen LogP contribution is -2.38. The first-order valence-electron chi connectivity index (χ1n) is 9.06. The molecule has 3 rings (SSSR count). The van der Waals surface area contributed by atoms with Crippen LogP contribution in [0.15, 0.2) is 24.3 Å². The van der Waals surface area contributed by atoms with Gasteiger partial charge in [0.25, 0.3) is 5.91 Å². The highest BCUT2D eigenvalue weighted by Crippen LogP contribution is 2.45. The number of hydrogen-bond acceptors (Lipinski definition) is 4. The smallest absolute Gasteiger partial charge is 0.258 e. The van der Waals surface area contributed by atoms with Crippen LogP contribution in [-0.2, 0) is 4.79 Å². The van der Waals surface area contributed by atoms with E-state index in [2.05, 4.69) is 17.4 Å². The normalized spacial score (nSPS) is 20.3. The maximum atomic E-state index is 12.1. The summed E-state index contributed by atoms with van der Waals surface area (Å²) in [5.41, 5.74) is 1.34. The van der Waals surface area contributed by atoms with Crippen molar-refractivity contribution in [3.63, 3.8) is 0 Å². The van der Waals surface area contributed by atoms with Crippen molar-refractivity contribution in [1.82, 2.24) is 5.32 Å². The van der Waals surface area contributed by atoms with Crippen LogP contribution in [0.5, 0.6) is 5.75 Å². The van der Waals surface area contributed by atoms with Gasteiger partial charge in [0.1, 0.15) is 5.75 Å². The molecule has 132 valence electrons. The molecule has 0 bridgehead atoms. The van der Waals surface area contributed by atoms with Gasteiger partial charge in [-0.05, 0) is 30.5 Å². The Morgan fingerprint density at radius 2 is 1.62 bits per heavy atom. The number of thioether (sulfide) groups is 2. The first-order chi connectivity index (χ1) is 11.8. The van der Waals surface area contributed by atoms with Crippen LogP contribution >= 0.6 is 23.5 Å². The zero-order valence-corrected chi connectivity index (χ0v) is 15.8. The number of hydrogen-bond donors (Lipinski definition) is 1. The molecular formula is C19H27NO2S2. The monoisotopic (exact) mass is 365 g/mol. The van der Waals surface area contributed by atoms with Gasteiger partial charge >= 0.3 is 0 Å². The summed E-state index contributed by atoms with van der Waals surface area (Å²) >= 11 is 4.00. The van der Waals surface area contributed by atoms with E-state index >= 15 is 0 Å². The molecule has 0 atom stereocenters. The highest BCUT2D eigenvalue weighted by Gasteiger charge is 2.18. The average molecular weight is 366 g/mol. The summed E-state index contributed by atoms with van der Waals surface area (Å²) in [5, 5.41) is 3.14. The molecule has 1 aromatic rings. The van der Waals surface area contributed by atoms with Gasteiger partial charge in [0.2, 0.25) is 0 Å². The summed E-state index contributed by atoms with van der Waals surface area (Å²) in [5.74, 6) is 3.25. The van der Waals surface area contributed by atoms with E-state index in [1.54, 1.807) is 0 Å². The van der Waals surface area contributed by atoms with Crippen LogP contribution in [0.4, 0.5) is 0 Å². The van der Waals surface area contributed by atoms with Crippen LogP contribution in [0.25, 0.3) is 0 Å². The quantitative estimate of drug-likeness (QED) is 0.815. The highest BCUT2D eigenvalue weighted by molar-refractivity contribution is 8.19. The summed E-state index contributed by atoms with van der Waals surface area (Å²) in [6.45, 7) is 0.114. The van der Waals surface area contributed by atoms with Gasteiger partial charge in [0.05, 0.1) is 4.58 Å². The Balaban J connectivity index is 1.41. The van der Waals surface area contributed by atoms with Gasteiger partial charge in [-0.3, -0.25) is 4.79 Å². The minimum Gasteiger partial charge on any atom is -0.484 e. The molecule has 2 aliphatic rings. The van der Waals surface area contributed by atoms with E-state index in [-0.39, 0.29) is 12.5 Å². The number of amides is 1. The van der Waals surface area contributed by atoms with Crippen LogP contribution < -0.4 is 10.1 Å². The Labute approximate surface area is 153 Å². The maximum absolute atomic E-state index is 12.1. The van der Waals surface area contributed by atoms with Crippen LogP contribution in [0, 0.1) is 0 Å². The van der Waals surface area contributed by atoms with Gasteiger partial charge in [-0.1, -0.05) is 44.2 Å². The number of carbonyl (C=O) groups is 1. The van der Waals surface area contributed by atoms with Crippen molar-refractivity contribution in [3.8, 4) is 5.75 Å². The SMILES string of the molecule is O=C(COc1ccc(C2SCCS2)cc1)NC1CCCCCCC1. The first-order valence-corrected chi connectivity index (χ1v) is 11.2. The van der Waals surface area contributed by atoms with Crippen molar-refractivity contribution in [3.05, 3.63) is 29.8 Å². The Hall–Kier alpha value is -0.810. The van der Waals surface area contributed by atoms with Crippen LogP contribution in [0.3, 0.4) is 0 Å². The summed E-state index contributed by atoms with van der Waals surface area (Å²) in [6, 6.07) is 8.55. The van der Waals surface area contributed by atoms with E-state index in [0.717, 1.165) is 18.6 Å². The van der Waals surface area contributed by atoms with E-state index in [4.69, 9.17) is 4.74 Å². The van der Waals surface area contributed by atoms with Gasteiger partial charge in [-0.2, -0.15) is 0 Å². The van der Waals surface area contributed by atoms with Crippen molar-refractivity contribution in [2.45, 2.75) is 55.6 Å². The summed E-state index contributed by atoms with van der Waals surface area (Å²) < 4.78 is 6.21. The molecule has 1 saturated carbocycles. The predicted molar refractivity (Wildman–Crippen MR) is 104 cm³/mol. The molecule has 3 nitrogen and oxygen atoms in total. The first kappa shape index (κ1) is 18.0. The second-order valence-electron chi connectivity index (χ2n) is 6.54. The van der Waals surface area contributed by atoms with E-state index in [9.17, 15) is 4.79 Å². The van der Waals surface area contributed by atoms with Gasteiger partial charge in [0.15, 0.2) is 6.61 Å². The average Bonchev–Trinajstić information content (AvgIpc) is 3.10. The summed E-state index contributed by atoms with van der Waals surface area (Å²) in [7, 11) is 0. The third-order valence-electron chi connectivity index (χ3n) is 4.61. The molecule has 1 N–H and O–H groups in total. The topological polar surface area (TPSA) is 38.3 Å². The van der Waals surface area contributed by atoms with Crippen molar-refractivity contribution in [2.75, 3.05) is 18.1 Å². The predicted octanol–water partition coefficient (Wildman–Crippen LogP) is 4.77. The molecule has 0 spiro atoms. The molecule has 1 amide bonds.